The highest BCUT2D eigenvalue weighted by molar-refractivity contribution is 5.80. The monoisotopic (exact) mass is 309 g/mol. The highest BCUT2D eigenvalue weighted by Gasteiger charge is 2.05. The second kappa shape index (κ2) is 7.17. The Hall–Kier alpha value is -3.22. The van der Waals surface area contributed by atoms with Gasteiger partial charge in [0.25, 0.3) is 0 Å². The lowest BCUT2D eigenvalue weighted by molar-refractivity contribution is 0.295. The molecule has 0 saturated heterocycles. The predicted octanol–water partition coefficient (Wildman–Crippen LogP) is 2.14. The molecule has 0 fully saturated rings. The fourth-order valence-electron chi connectivity index (χ4n) is 1.97. The van der Waals surface area contributed by atoms with Crippen LogP contribution in [0.2, 0.25) is 0 Å². The van der Waals surface area contributed by atoms with E-state index in [1.165, 1.54) is 17.3 Å². The van der Waals surface area contributed by atoms with Crippen molar-refractivity contribution in [2.75, 3.05) is 7.11 Å². The van der Waals surface area contributed by atoms with Gasteiger partial charge in [0.2, 0.25) is 0 Å². The van der Waals surface area contributed by atoms with Gasteiger partial charge in [-0.25, -0.2) is 4.68 Å². The summed E-state index contributed by atoms with van der Waals surface area (Å²) in [5, 5.41) is 11.6. The van der Waals surface area contributed by atoms with E-state index in [1.807, 2.05) is 30.3 Å². The van der Waals surface area contributed by atoms with Gasteiger partial charge in [0.1, 0.15) is 30.8 Å². The number of hydrogen-bond acceptors (Lipinski definition) is 6. The molecular formula is C16H15N5O2. The summed E-state index contributed by atoms with van der Waals surface area (Å²) in [7, 11) is 1.63. The Morgan fingerprint density at radius 2 is 2.09 bits per heavy atom. The van der Waals surface area contributed by atoms with Gasteiger partial charge in [-0.15, -0.1) is 10.2 Å². The third-order valence-corrected chi connectivity index (χ3v) is 3.08. The Labute approximate surface area is 133 Å². The first-order chi connectivity index (χ1) is 11.3. The van der Waals surface area contributed by atoms with E-state index >= 15 is 0 Å². The molecule has 7 nitrogen and oxygen atoms in total. The molecule has 0 N–H and O–H groups in total. The fraction of sp³-hybridized carbons (Fsp3) is 0.125. The Morgan fingerprint density at radius 1 is 1.22 bits per heavy atom. The van der Waals surface area contributed by atoms with Crippen molar-refractivity contribution in [3.63, 3.8) is 0 Å². The second-order valence-electron chi connectivity index (χ2n) is 4.64. The molecule has 0 radical (unpaired) electrons. The number of rotatable bonds is 6. The van der Waals surface area contributed by atoms with E-state index < -0.39 is 0 Å². The van der Waals surface area contributed by atoms with Gasteiger partial charge in [-0.2, -0.15) is 5.10 Å². The number of ether oxygens (including phenoxy) is 2. The molecule has 116 valence electrons. The predicted molar refractivity (Wildman–Crippen MR) is 84.6 cm³/mol. The van der Waals surface area contributed by atoms with Crippen LogP contribution in [0.4, 0.5) is 0 Å². The van der Waals surface area contributed by atoms with Crippen molar-refractivity contribution in [3.8, 4) is 11.5 Å². The van der Waals surface area contributed by atoms with Gasteiger partial charge in [0.15, 0.2) is 0 Å². The second-order valence-corrected chi connectivity index (χ2v) is 4.64. The lowest BCUT2D eigenvalue weighted by Gasteiger charge is -2.10. The van der Waals surface area contributed by atoms with Gasteiger partial charge in [0, 0.05) is 11.8 Å². The lowest BCUT2D eigenvalue weighted by atomic mass is 10.1. The van der Waals surface area contributed by atoms with Gasteiger partial charge < -0.3 is 9.47 Å². The number of methoxy groups -OCH3 is 1. The van der Waals surface area contributed by atoms with Crippen LogP contribution in [0.3, 0.4) is 0 Å². The van der Waals surface area contributed by atoms with E-state index in [0.29, 0.717) is 12.4 Å². The molecule has 1 aromatic carbocycles. The normalized spacial score (nSPS) is 10.8. The van der Waals surface area contributed by atoms with Crippen molar-refractivity contribution in [1.82, 2.24) is 19.9 Å². The lowest BCUT2D eigenvalue weighted by Crippen LogP contribution is -2.00. The summed E-state index contributed by atoms with van der Waals surface area (Å²) in [5.74, 6) is 1.47. The first kappa shape index (κ1) is 14.7. The van der Waals surface area contributed by atoms with Gasteiger partial charge in [-0.3, -0.25) is 4.98 Å². The SMILES string of the molecule is COc1ccc(/C=N\n2cnnc2)cc1COc1cccnc1. The maximum absolute atomic E-state index is 5.73. The van der Waals surface area contributed by atoms with Crippen LogP contribution in [0.5, 0.6) is 11.5 Å². The molecule has 23 heavy (non-hydrogen) atoms. The Bertz CT molecular complexity index is 772. The molecule has 0 aliphatic carbocycles. The maximum atomic E-state index is 5.73. The molecule has 0 amide bonds. The van der Waals surface area contributed by atoms with Crippen LogP contribution in [0.1, 0.15) is 11.1 Å². The van der Waals surface area contributed by atoms with Crippen LogP contribution in [0.25, 0.3) is 0 Å². The molecule has 0 spiro atoms. The molecule has 2 aromatic heterocycles. The van der Waals surface area contributed by atoms with E-state index in [0.717, 1.165) is 16.9 Å². The minimum atomic E-state index is 0.378. The summed E-state index contributed by atoms with van der Waals surface area (Å²) < 4.78 is 12.6. The van der Waals surface area contributed by atoms with Crippen LogP contribution in [0, 0.1) is 0 Å². The molecule has 0 atom stereocenters. The van der Waals surface area contributed by atoms with Gasteiger partial charge in [-0.05, 0) is 35.9 Å². The average molecular weight is 309 g/mol. The molecule has 0 aliphatic heterocycles. The van der Waals surface area contributed by atoms with Crippen LogP contribution in [-0.4, -0.2) is 33.2 Å². The number of pyridine rings is 1. The summed E-state index contributed by atoms with van der Waals surface area (Å²) in [6.45, 7) is 0.378. The molecular weight excluding hydrogens is 294 g/mol. The van der Waals surface area contributed by atoms with Gasteiger partial charge in [0.05, 0.1) is 19.5 Å². The van der Waals surface area contributed by atoms with Gasteiger partial charge >= 0.3 is 0 Å². The number of hydrogen-bond donors (Lipinski definition) is 0. The number of benzene rings is 1. The molecule has 2 heterocycles. The zero-order valence-corrected chi connectivity index (χ0v) is 12.5. The van der Waals surface area contributed by atoms with Crippen molar-refractivity contribution in [2.45, 2.75) is 6.61 Å². The third-order valence-electron chi connectivity index (χ3n) is 3.08. The van der Waals surface area contributed by atoms with E-state index in [9.17, 15) is 0 Å². The van der Waals surface area contributed by atoms with Crippen LogP contribution < -0.4 is 9.47 Å². The fourth-order valence-corrected chi connectivity index (χ4v) is 1.97. The minimum absolute atomic E-state index is 0.378. The molecule has 7 heteroatoms. The Morgan fingerprint density at radius 3 is 2.83 bits per heavy atom. The number of nitrogens with zero attached hydrogens (tertiary/aromatic N) is 5. The zero-order valence-electron chi connectivity index (χ0n) is 12.5. The quantitative estimate of drug-likeness (QED) is 0.652. The summed E-state index contributed by atoms with van der Waals surface area (Å²) in [6.07, 6.45) is 8.13. The summed E-state index contributed by atoms with van der Waals surface area (Å²) in [6, 6.07) is 9.45. The average Bonchev–Trinajstić information content (AvgIpc) is 3.12. The van der Waals surface area contributed by atoms with E-state index in [1.54, 1.807) is 25.7 Å². The van der Waals surface area contributed by atoms with E-state index in [4.69, 9.17) is 9.47 Å². The molecule has 3 rings (SSSR count). The van der Waals surface area contributed by atoms with E-state index in [-0.39, 0.29) is 0 Å². The standard InChI is InChI=1S/C16H15N5O2/c1-22-16-5-4-13(8-20-21-11-18-19-12-21)7-14(16)10-23-15-3-2-6-17-9-15/h2-9,11-12H,10H2,1H3/b20-8-. The molecule has 0 aliphatic rings. The minimum Gasteiger partial charge on any atom is -0.496 e. The number of aromatic nitrogens is 4. The largest absolute Gasteiger partial charge is 0.496 e. The highest BCUT2D eigenvalue weighted by atomic mass is 16.5. The van der Waals surface area contributed by atoms with Crippen LogP contribution in [-0.2, 0) is 6.61 Å². The third kappa shape index (κ3) is 3.91. The van der Waals surface area contributed by atoms with Crippen molar-refractivity contribution in [2.24, 2.45) is 5.10 Å². The van der Waals surface area contributed by atoms with Crippen LogP contribution >= 0.6 is 0 Å². The van der Waals surface area contributed by atoms with Crippen molar-refractivity contribution in [1.29, 1.82) is 0 Å². The van der Waals surface area contributed by atoms with Gasteiger partial charge in [-0.1, -0.05) is 0 Å². The smallest absolute Gasteiger partial charge is 0.141 e. The zero-order chi connectivity index (χ0) is 15.9. The van der Waals surface area contributed by atoms with Crippen LogP contribution in [0.15, 0.2) is 60.5 Å². The molecule has 0 unspecified atom stereocenters. The molecule has 0 bridgehead atoms. The summed E-state index contributed by atoms with van der Waals surface area (Å²) >= 11 is 0. The first-order valence-corrected chi connectivity index (χ1v) is 6.94. The maximum Gasteiger partial charge on any atom is 0.141 e. The topological polar surface area (TPSA) is 74.4 Å². The molecule has 0 saturated carbocycles. The Kier molecular flexibility index (Phi) is 4.58. The van der Waals surface area contributed by atoms with Crippen molar-refractivity contribution < 1.29 is 9.47 Å². The van der Waals surface area contributed by atoms with E-state index in [2.05, 4.69) is 20.3 Å². The van der Waals surface area contributed by atoms with Crippen molar-refractivity contribution in [3.05, 3.63) is 66.5 Å². The molecule has 3 aromatic rings. The Balaban J connectivity index is 1.76. The first-order valence-electron chi connectivity index (χ1n) is 6.94. The highest BCUT2D eigenvalue weighted by Crippen LogP contribution is 2.21. The summed E-state index contributed by atoms with van der Waals surface area (Å²) in [4.78, 5) is 4.02. The van der Waals surface area contributed by atoms with Crippen molar-refractivity contribution >= 4 is 6.21 Å². The summed E-state index contributed by atoms with van der Waals surface area (Å²) in [5.41, 5.74) is 1.84.